The smallest absolute Gasteiger partial charge is 0.211 e. The molecule has 1 saturated carbocycles. The van der Waals surface area contributed by atoms with E-state index in [9.17, 15) is 0 Å². The highest BCUT2D eigenvalue weighted by Crippen LogP contribution is 2.35. The van der Waals surface area contributed by atoms with Crippen molar-refractivity contribution in [2.45, 2.75) is 38.9 Å². The number of hydrogen-bond donors (Lipinski definition) is 2. The van der Waals surface area contributed by atoms with Crippen LogP contribution in [0.1, 0.15) is 29.9 Å². The van der Waals surface area contributed by atoms with Crippen molar-refractivity contribution < 1.29 is 4.52 Å². The van der Waals surface area contributed by atoms with Crippen LogP contribution in [0.25, 0.3) is 22.2 Å². The van der Waals surface area contributed by atoms with E-state index in [-0.39, 0.29) is 0 Å². The Morgan fingerprint density at radius 2 is 2.09 bits per heavy atom. The van der Waals surface area contributed by atoms with E-state index in [1.54, 1.807) is 11.9 Å². The van der Waals surface area contributed by atoms with Crippen molar-refractivity contribution in [2.24, 2.45) is 0 Å². The number of fused-ring (bicyclic) bond motifs is 1. The summed E-state index contributed by atoms with van der Waals surface area (Å²) >= 11 is 1.75. The van der Waals surface area contributed by atoms with E-state index in [2.05, 4.69) is 38.9 Å². The predicted octanol–water partition coefficient (Wildman–Crippen LogP) is 4.37. The number of aromatic nitrogens is 3. The van der Waals surface area contributed by atoms with Gasteiger partial charge in [-0.05, 0) is 68.8 Å². The number of aromatic amines is 1. The van der Waals surface area contributed by atoms with Gasteiger partial charge in [0.1, 0.15) is 5.76 Å². The molecule has 1 fully saturated rings. The lowest BCUT2D eigenvalue weighted by atomic mass is 10.0. The van der Waals surface area contributed by atoms with Crippen LogP contribution in [-0.2, 0) is 0 Å². The second-order valence-electron chi connectivity index (χ2n) is 5.89. The lowest BCUT2D eigenvalue weighted by Gasteiger charge is -2.03. The van der Waals surface area contributed by atoms with Crippen molar-refractivity contribution in [2.75, 3.05) is 4.72 Å². The van der Waals surface area contributed by atoms with Crippen LogP contribution < -0.4 is 4.72 Å². The minimum absolute atomic E-state index is 0.743. The molecule has 0 spiro atoms. The Labute approximate surface area is 133 Å². The minimum atomic E-state index is 0.743. The molecule has 1 aliphatic rings. The zero-order valence-corrected chi connectivity index (χ0v) is 13.7. The maximum absolute atomic E-state index is 5.29. The third kappa shape index (κ3) is 2.37. The summed E-state index contributed by atoms with van der Waals surface area (Å²) in [4.78, 5) is 8.02. The number of benzene rings is 1. The third-order valence-electron chi connectivity index (χ3n) is 3.95. The number of imidazole rings is 1. The van der Waals surface area contributed by atoms with Crippen LogP contribution in [0.3, 0.4) is 0 Å². The fourth-order valence-corrected chi connectivity index (χ4v) is 3.45. The Hall–Kier alpha value is -1.95. The third-order valence-corrected chi connectivity index (χ3v) is 5.06. The van der Waals surface area contributed by atoms with E-state index in [0.717, 1.165) is 50.4 Å². The Morgan fingerprint density at radius 3 is 2.77 bits per heavy atom. The van der Waals surface area contributed by atoms with Gasteiger partial charge in [0.25, 0.3) is 0 Å². The summed E-state index contributed by atoms with van der Waals surface area (Å²) in [5.41, 5.74) is 6.29. The average molecular weight is 314 g/mol. The Kier molecular flexibility index (Phi) is 3.14. The van der Waals surface area contributed by atoms with Gasteiger partial charge in [0, 0.05) is 10.8 Å². The Morgan fingerprint density at radius 1 is 1.27 bits per heavy atom. The molecule has 6 heteroatoms. The van der Waals surface area contributed by atoms with Crippen molar-refractivity contribution in [1.82, 2.24) is 15.1 Å². The molecule has 0 aliphatic heterocycles. The monoisotopic (exact) mass is 314 g/mol. The molecule has 1 aromatic carbocycles. The summed E-state index contributed by atoms with van der Waals surface area (Å²) in [7, 11) is 0. The first-order chi connectivity index (χ1) is 10.6. The maximum Gasteiger partial charge on any atom is 0.211 e. The van der Waals surface area contributed by atoms with Gasteiger partial charge in [-0.1, -0.05) is 5.16 Å². The molecule has 0 amide bonds. The van der Waals surface area contributed by atoms with Crippen molar-refractivity contribution in [3.05, 3.63) is 29.2 Å². The molecule has 2 N–H and O–H groups in total. The van der Waals surface area contributed by atoms with Gasteiger partial charge in [-0.2, -0.15) is 0 Å². The topological polar surface area (TPSA) is 66.7 Å². The van der Waals surface area contributed by atoms with Crippen molar-refractivity contribution in [3.63, 3.8) is 0 Å². The van der Waals surface area contributed by atoms with Crippen LogP contribution in [0.4, 0.5) is 5.95 Å². The van der Waals surface area contributed by atoms with E-state index >= 15 is 0 Å². The molecular weight excluding hydrogens is 296 g/mol. The van der Waals surface area contributed by atoms with Crippen LogP contribution in [0, 0.1) is 20.8 Å². The van der Waals surface area contributed by atoms with Gasteiger partial charge in [-0.25, -0.2) is 4.98 Å². The molecule has 0 unspecified atom stereocenters. The number of H-pyrrole nitrogens is 1. The SMILES string of the molecule is Cc1noc(C)c1-c1cc(C)c2nc(NSC3CC3)[nH]c2c1. The van der Waals surface area contributed by atoms with Gasteiger partial charge >= 0.3 is 0 Å². The molecule has 114 valence electrons. The molecule has 0 radical (unpaired) electrons. The molecule has 0 saturated heterocycles. The zero-order valence-electron chi connectivity index (χ0n) is 12.9. The molecule has 2 heterocycles. The van der Waals surface area contributed by atoms with E-state index in [1.165, 1.54) is 12.8 Å². The fourth-order valence-electron chi connectivity index (χ4n) is 2.70. The van der Waals surface area contributed by atoms with Crippen LogP contribution in [0.5, 0.6) is 0 Å². The minimum Gasteiger partial charge on any atom is -0.361 e. The molecule has 0 bridgehead atoms. The first-order valence-corrected chi connectivity index (χ1v) is 8.35. The van der Waals surface area contributed by atoms with Crippen LogP contribution in [-0.4, -0.2) is 20.4 Å². The summed E-state index contributed by atoms with van der Waals surface area (Å²) in [6, 6.07) is 4.27. The molecule has 4 rings (SSSR count). The van der Waals surface area contributed by atoms with Crippen molar-refractivity contribution in [1.29, 1.82) is 0 Å². The maximum atomic E-state index is 5.29. The normalized spacial score (nSPS) is 14.7. The molecular formula is C16H18N4OS. The first kappa shape index (κ1) is 13.7. The lowest BCUT2D eigenvalue weighted by Crippen LogP contribution is -1.90. The van der Waals surface area contributed by atoms with Crippen LogP contribution >= 0.6 is 11.9 Å². The van der Waals surface area contributed by atoms with E-state index in [0.29, 0.717) is 0 Å². The van der Waals surface area contributed by atoms with Crippen LogP contribution in [0.2, 0.25) is 0 Å². The largest absolute Gasteiger partial charge is 0.361 e. The van der Waals surface area contributed by atoms with Gasteiger partial charge in [0.15, 0.2) is 0 Å². The second kappa shape index (κ2) is 5.05. The van der Waals surface area contributed by atoms with E-state index in [1.807, 2.05) is 13.8 Å². The highest BCUT2D eigenvalue weighted by atomic mass is 32.2. The van der Waals surface area contributed by atoms with Gasteiger partial charge in [0.2, 0.25) is 5.95 Å². The van der Waals surface area contributed by atoms with Gasteiger partial charge in [-0.15, -0.1) is 0 Å². The number of aryl methyl sites for hydroxylation is 3. The number of nitrogens with one attached hydrogen (secondary N) is 2. The molecule has 22 heavy (non-hydrogen) atoms. The zero-order chi connectivity index (χ0) is 15.3. The predicted molar refractivity (Wildman–Crippen MR) is 90.0 cm³/mol. The summed E-state index contributed by atoms with van der Waals surface area (Å²) in [5.74, 6) is 1.67. The molecule has 0 atom stereocenters. The molecule has 1 aliphatic carbocycles. The highest BCUT2D eigenvalue weighted by molar-refractivity contribution is 8.01. The lowest BCUT2D eigenvalue weighted by molar-refractivity contribution is 0.393. The van der Waals surface area contributed by atoms with E-state index < -0.39 is 0 Å². The molecule has 5 nitrogen and oxygen atoms in total. The second-order valence-corrected chi connectivity index (χ2v) is 7.00. The number of hydrogen-bond acceptors (Lipinski definition) is 5. The Bertz CT molecular complexity index is 828. The highest BCUT2D eigenvalue weighted by Gasteiger charge is 2.22. The van der Waals surface area contributed by atoms with Gasteiger partial charge in [0.05, 0.1) is 16.7 Å². The summed E-state index contributed by atoms with van der Waals surface area (Å²) in [6.07, 6.45) is 2.60. The van der Waals surface area contributed by atoms with E-state index in [4.69, 9.17) is 4.52 Å². The van der Waals surface area contributed by atoms with Gasteiger partial charge in [-0.3, -0.25) is 4.72 Å². The average Bonchev–Trinajstić information content (AvgIpc) is 3.12. The molecule has 3 aromatic rings. The summed E-state index contributed by atoms with van der Waals surface area (Å²) in [5, 5.41) is 4.79. The quantitative estimate of drug-likeness (QED) is 0.700. The van der Waals surface area contributed by atoms with Crippen LogP contribution in [0.15, 0.2) is 16.7 Å². The van der Waals surface area contributed by atoms with Crippen molar-refractivity contribution in [3.8, 4) is 11.1 Å². The fraction of sp³-hybridized carbons (Fsp3) is 0.375. The number of rotatable bonds is 4. The molecule has 2 aromatic heterocycles. The summed E-state index contributed by atoms with van der Waals surface area (Å²) in [6.45, 7) is 6.00. The first-order valence-electron chi connectivity index (χ1n) is 7.47. The number of anilines is 1. The number of nitrogens with zero attached hydrogens (tertiary/aromatic N) is 2. The standard InChI is InChI=1S/C16H18N4OS/c1-8-6-11(14-9(2)19-21-10(14)3)7-13-15(8)18-16(17-13)20-22-12-4-5-12/h6-7,12H,4-5H2,1-3H3,(H2,17,18,20). The summed E-state index contributed by atoms with van der Waals surface area (Å²) < 4.78 is 8.61. The van der Waals surface area contributed by atoms with Crippen molar-refractivity contribution >= 4 is 28.9 Å². The van der Waals surface area contributed by atoms with Gasteiger partial charge < -0.3 is 9.51 Å². The Balaban J connectivity index is 1.75.